The first-order valence-electron chi connectivity index (χ1n) is 8.57. The molecule has 0 saturated carbocycles. The molecule has 1 amide bonds. The van der Waals surface area contributed by atoms with Crippen molar-refractivity contribution >= 4 is 28.4 Å². The summed E-state index contributed by atoms with van der Waals surface area (Å²) in [7, 11) is 1.72. The van der Waals surface area contributed by atoms with Crippen LogP contribution in [0.2, 0.25) is 0 Å². The number of para-hydroxylation sites is 1. The molecule has 0 aliphatic carbocycles. The van der Waals surface area contributed by atoms with Gasteiger partial charge in [0.15, 0.2) is 0 Å². The highest BCUT2D eigenvalue weighted by Gasteiger charge is 2.21. The van der Waals surface area contributed by atoms with Gasteiger partial charge in [0, 0.05) is 12.6 Å². The number of anilines is 2. The molecule has 0 atom stereocenters. The third-order valence-corrected chi connectivity index (χ3v) is 5.50. The zero-order valence-electron chi connectivity index (χ0n) is 15.1. The van der Waals surface area contributed by atoms with E-state index in [1.54, 1.807) is 48.1 Å². The summed E-state index contributed by atoms with van der Waals surface area (Å²) in [4.78, 5) is 13.2. The highest BCUT2D eigenvalue weighted by atomic mass is 32.1. The Balaban J connectivity index is 1.73. The molecular weight excluding hydrogens is 399 g/mol. The zero-order valence-corrected chi connectivity index (χ0v) is 16.0. The molecule has 0 unspecified atom stereocenters. The summed E-state index contributed by atoms with van der Waals surface area (Å²) in [5, 5.41) is 4.70. The molecule has 4 rings (SSSR count). The Hall–Kier alpha value is -3.39. The number of aromatic nitrogens is 2. The topological polar surface area (TPSA) is 38.1 Å². The van der Waals surface area contributed by atoms with Crippen molar-refractivity contribution in [2.24, 2.45) is 7.05 Å². The van der Waals surface area contributed by atoms with Crippen molar-refractivity contribution in [1.29, 1.82) is 0 Å². The van der Waals surface area contributed by atoms with Gasteiger partial charge in [0.05, 0.1) is 16.3 Å². The maximum Gasteiger partial charge on any atom is 0.219 e. The van der Waals surface area contributed by atoms with Crippen molar-refractivity contribution in [3.05, 3.63) is 78.1 Å². The Labute approximate surface area is 168 Å². The first-order chi connectivity index (χ1) is 14.0. The third kappa shape index (κ3) is 3.42. The second-order valence-corrected chi connectivity index (χ2v) is 7.26. The monoisotopic (exact) mass is 413 g/mol. The highest BCUT2D eigenvalue weighted by Crippen LogP contribution is 2.39. The van der Waals surface area contributed by atoms with Crippen LogP contribution in [-0.4, -0.2) is 16.2 Å². The number of benzene rings is 2. The summed E-state index contributed by atoms with van der Waals surface area (Å²) in [6, 6.07) is 14.8. The summed E-state index contributed by atoms with van der Waals surface area (Å²) >= 11 is 1.16. The van der Waals surface area contributed by atoms with E-state index in [9.17, 15) is 18.0 Å². The molecule has 2 aromatic carbocycles. The van der Waals surface area contributed by atoms with E-state index in [2.05, 4.69) is 5.10 Å². The van der Waals surface area contributed by atoms with Crippen molar-refractivity contribution in [1.82, 2.24) is 9.78 Å². The van der Waals surface area contributed by atoms with Crippen LogP contribution in [0, 0.1) is 17.5 Å². The molecule has 8 heteroatoms. The number of nitrogens with zero attached hydrogens (tertiary/aromatic N) is 3. The van der Waals surface area contributed by atoms with Crippen LogP contribution in [0.5, 0.6) is 0 Å². The highest BCUT2D eigenvalue weighted by molar-refractivity contribution is 7.19. The Morgan fingerprint density at radius 3 is 2.34 bits per heavy atom. The average molecular weight is 413 g/mol. The Morgan fingerprint density at radius 1 is 0.966 bits per heavy atom. The van der Waals surface area contributed by atoms with E-state index in [4.69, 9.17) is 0 Å². The number of carbonyl (C=O) groups is 1. The summed E-state index contributed by atoms with van der Waals surface area (Å²) in [6.45, 7) is 0. The van der Waals surface area contributed by atoms with Crippen molar-refractivity contribution < 1.29 is 18.0 Å². The van der Waals surface area contributed by atoms with Gasteiger partial charge in [-0.1, -0.05) is 18.2 Å². The lowest BCUT2D eigenvalue weighted by Crippen LogP contribution is -2.15. The number of carbonyl (C=O) groups excluding carboxylic acids is 1. The van der Waals surface area contributed by atoms with Crippen LogP contribution in [0.4, 0.5) is 23.9 Å². The van der Waals surface area contributed by atoms with Crippen LogP contribution in [0.25, 0.3) is 21.8 Å². The fraction of sp³-hybridized carbons (Fsp3) is 0.0476. The van der Waals surface area contributed by atoms with Crippen molar-refractivity contribution in [2.75, 3.05) is 4.90 Å². The molecule has 0 fully saturated rings. The Morgan fingerprint density at radius 2 is 1.66 bits per heavy atom. The van der Waals surface area contributed by atoms with Gasteiger partial charge in [0.2, 0.25) is 6.41 Å². The van der Waals surface area contributed by atoms with Crippen LogP contribution in [-0.2, 0) is 11.8 Å². The normalized spacial score (nSPS) is 10.9. The third-order valence-electron chi connectivity index (χ3n) is 4.40. The van der Waals surface area contributed by atoms with E-state index < -0.39 is 17.3 Å². The summed E-state index contributed by atoms with van der Waals surface area (Å²) in [5.41, 5.74) is 1.07. The maximum atomic E-state index is 14.1. The standard InChI is InChI=1S/C21H14F3N3OS/c1-26-18(11-17(25-26)13-5-2-3-6-14(13)22)19-9-10-20(29-19)27(12-28)21-15(23)7-4-8-16(21)24/h2-12H,1H3. The van der Waals surface area contributed by atoms with Gasteiger partial charge >= 0.3 is 0 Å². The molecule has 2 aromatic heterocycles. The lowest BCUT2D eigenvalue weighted by molar-refractivity contribution is -0.106. The molecule has 4 nitrogen and oxygen atoms in total. The summed E-state index contributed by atoms with van der Waals surface area (Å²) < 4.78 is 43.9. The molecule has 146 valence electrons. The van der Waals surface area contributed by atoms with E-state index in [1.165, 1.54) is 12.1 Å². The van der Waals surface area contributed by atoms with E-state index in [1.807, 2.05) is 0 Å². The number of halogens is 3. The van der Waals surface area contributed by atoms with Crippen LogP contribution in [0.1, 0.15) is 0 Å². The minimum atomic E-state index is -0.838. The predicted octanol–water partition coefficient (Wildman–Crippen LogP) is 5.53. The first kappa shape index (κ1) is 18.9. The Bertz CT molecular complexity index is 1180. The zero-order chi connectivity index (χ0) is 20.5. The van der Waals surface area contributed by atoms with Gasteiger partial charge in [0.25, 0.3) is 0 Å². The fourth-order valence-corrected chi connectivity index (χ4v) is 4.05. The average Bonchev–Trinajstić information content (AvgIpc) is 3.32. The SMILES string of the molecule is Cn1nc(-c2ccccc2F)cc1-c1ccc(N(C=O)c2c(F)cccc2F)s1. The van der Waals surface area contributed by atoms with E-state index in [0.717, 1.165) is 28.4 Å². The minimum absolute atomic E-state index is 0.340. The number of rotatable bonds is 5. The molecule has 0 N–H and O–H groups in total. The fourth-order valence-electron chi connectivity index (χ4n) is 3.03. The minimum Gasteiger partial charge on any atom is -0.278 e. The van der Waals surface area contributed by atoms with Gasteiger partial charge < -0.3 is 0 Å². The molecular formula is C21H14F3N3OS. The molecule has 29 heavy (non-hydrogen) atoms. The van der Waals surface area contributed by atoms with Crippen LogP contribution >= 0.6 is 11.3 Å². The smallest absolute Gasteiger partial charge is 0.219 e. The number of hydrogen-bond acceptors (Lipinski definition) is 3. The number of thiophene rings is 1. The van der Waals surface area contributed by atoms with E-state index in [-0.39, 0.29) is 5.82 Å². The number of aryl methyl sites for hydroxylation is 1. The number of hydrogen-bond donors (Lipinski definition) is 0. The Kier molecular flexibility index (Phi) is 4.94. The van der Waals surface area contributed by atoms with Gasteiger partial charge in [0.1, 0.15) is 28.1 Å². The van der Waals surface area contributed by atoms with Gasteiger partial charge in [-0.2, -0.15) is 5.10 Å². The molecule has 4 aromatic rings. The van der Waals surface area contributed by atoms with Crippen molar-refractivity contribution in [3.63, 3.8) is 0 Å². The molecule has 0 radical (unpaired) electrons. The predicted molar refractivity (Wildman–Crippen MR) is 106 cm³/mol. The molecule has 2 heterocycles. The molecule has 0 bridgehead atoms. The lowest BCUT2D eigenvalue weighted by atomic mass is 10.1. The largest absolute Gasteiger partial charge is 0.278 e. The van der Waals surface area contributed by atoms with Crippen molar-refractivity contribution in [2.45, 2.75) is 0 Å². The summed E-state index contributed by atoms with van der Waals surface area (Å²) in [5.74, 6) is -2.06. The van der Waals surface area contributed by atoms with Crippen molar-refractivity contribution in [3.8, 4) is 21.8 Å². The lowest BCUT2D eigenvalue weighted by Gasteiger charge is -2.16. The van der Waals surface area contributed by atoms with Gasteiger partial charge in [-0.25, -0.2) is 13.2 Å². The van der Waals surface area contributed by atoms with Crippen LogP contribution in [0.15, 0.2) is 60.7 Å². The van der Waals surface area contributed by atoms with Gasteiger partial charge in [-0.3, -0.25) is 14.4 Å². The maximum absolute atomic E-state index is 14.1. The van der Waals surface area contributed by atoms with E-state index >= 15 is 0 Å². The molecule has 0 aliphatic heterocycles. The summed E-state index contributed by atoms with van der Waals surface area (Å²) in [6.07, 6.45) is 0.366. The van der Waals surface area contributed by atoms with Gasteiger partial charge in [-0.15, -0.1) is 11.3 Å². The van der Waals surface area contributed by atoms with E-state index in [0.29, 0.717) is 33.2 Å². The molecule has 0 saturated heterocycles. The molecule has 0 spiro atoms. The van der Waals surface area contributed by atoms with Gasteiger partial charge in [-0.05, 0) is 42.5 Å². The second kappa shape index (κ2) is 7.56. The first-order valence-corrected chi connectivity index (χ1v) is 9.39. The second-order valence-electron chi connectivity index (χ2n) is 6.20. The number of amides is 1. The van der Waals surface area contributed by atoms with Crippen LogP contribution in [0.3, 0.4) is 0 Å². The molecule has 0 aliphatic rings. The quantitative estimate of drug-likeness (QED) is 0.404. The van der Waals surface area contributed by atoms with Crippen LogP contribution < -0.4 is 4.90 Å².